The largest absolute Gasteiger partial charge is 0.228 e. The third-order valence-corrected chi connectivity index (χ3v) is 9.57. The first-order valence-electron chi connectivity index (χ1n) is 14.5. The van der Waals surface area contributed by atoms with E-state index in [0.717, 1.165) is 39.1 Å². The number of fused-ring (bicyclic) bond motifs is 6. The normalized spacial score (nSPS) is 11.7. The highest BCUT2D eigenvalue weighted by atomic mass is 32.1. The molecule has 9 aromatic rings. The zero-order chi connectivity index (χ0) is 28.3. The quantitative estimate of drug-likeness (QED) is 0.213. The number of rotatable bonds is 3. The molecule has 200 valence electrons. The molecule has 0 aliphatic heterocycles. The first kappa shape index (κ1) is 24.2. The van der Waals surface area contributed by atoms with Crippen LogP contribution < -0.4 is 0 Å². The molecule has 2 nitrogen and oxygen atoms in total. The maximum atomic E-state index is 5.22. The predicted molar refractivity (Wildman–Crippen MR) is 184 cm³/mol. The number of thiophene rings is 1. The van der Waals surface area contributed by atoms with Gasteiger partial charge in [-0.05, 0) is 69.1 Å². The highest BCUT2D eigenvalue weighted by molar-refractivity contribution is 7.25. The second kappa shape index (κ2) is 9.59. The number of para-hydroxylation sites is 1. The molecule has 2 heterocycles. The Hall–Kier alpha value is -5.38. The van der Waals surface area contributed by atoms with Gasteiger partial charge >= 0.3 is 0 Å². The zero-order valence-corrected chi connectivity index (χ0v) is 24.0. The van der Waals surface area contributed by atoms with Crippen molar-refractivity contribution in [2.45, 2.75) is 0 Å². The van der Waals surface area contributed by atoms with Gasteiger partial charge in [0.05, 0.1) is 11.2 Å². The van der Waals surface area contributed by atoms with Crippen molar-refractivity contribution in [1.29, 1.82) is 0 Å². The molecule has 0 radical (unpaired) electrons. The van der Waals surface area contributed by atoms with E-state index in [1.165, 1.54) is 47.3 Å². The Labute approximate surface area is 252 Å². The van der Waals surface area contributed by atoms with Crippen LogP contribution in [0.5, 0.6) is 0 Å². The Morgan fingerprint density at radius 2 is 1.14 bits per heavy atom. The molecule has 0 unspecified atom stereocenters. The summed E-state index contributed by atoms with van der Waals surface area (Å²) in [4.78, 5) is 10.3. The lowest BCUT2D eigenvalue weighted by atomic mass is 9.97. The van der Waals surface area contributed by atoms with Crippen LogP contribution in [0, 0.1) is 0 Å². The van der Waals surface area contributed by atoms with Gasteiger partial charge in [-0.1, -0.05) is 109 Å². The maximum absolute atomic E-state index is 5.22. The highest BCUT2D eigenvalue weighted by Crippen LogP contribution is 2.38. The molecule has 9 rings (SSSR count). The number of hydrogen-bond donors (Lipinski definition) is 0. The molecule has 0 spiro atoms. The lowest BCUT2D eigenvalue weighted by Gasteiger charge is -2.12. The summed E-state index contributed by atoms with van der Waals surface area (Å²) in [6, 6.07) is 52.0. The Bertz CT molecular complexity index is 2520. The van der Waals surface area contributed by atoms with Crippen LogP contribution in [-0.2, 0) is 0 Å². The minimum absolute atomic E-state index is 0.733. The molecule has 3 heteroatoms. The molecule has 0 atom stereocenters. The number of aromatic nitrogens is 2. The Morgan fingerprint density at radius 3 is 2.09 bits per heavy atom. The van der Waals surface area contributed by atoms with Crippen molar-refractivity contribution in [3.63, 3.8) is 0 Å². The summed E-state index contributed by atoms with van der Waals surface area (Å²) in [5.41, 5.74) is 6.37. The van der Waals surface area contributed by atoms with Crippen molar-refractivity contribution in [3.8, 4) is 33.8 Å². The average molecular weight is 565 g/mol. The van der Waals surface area contributed by atoms with Gasteiger partial charge in [0.25, 0.3) is 0 Å². The fraction of sp³-hybridized carbons (Fsp3) is 0. The Kier molecular flexibility index (Phi) is 5.40. The second-order valence-electron chi connectivity index (χ2n) is 11.0. The Morgan fingerprint density at radius 1 is 0.395 bits per heavy atom. The van der Waals surface area contributed by atoms with Gasteiger partial charge in [0, 0.05) is 36.7 Å². The van der Waals surface area contributed by atoms with Crippen LogP contribution >= 0.6 is 11.3 Å². The zero-order valence-electron chi connectivity index (χ0n) is 23.2. The lowest BCUT2D eigenvalue weighted by Crippen LogP contribution is -1.96. The van der Waals surface area contributed by atoms with Crippen molar-refractivity contribution in [1.82, 2.24) is 9.97 Å². The van der Waals surface area contributed by atoms with E-state index in [-0.39, 0.29) is 0 Å². The van der Waals surface area contributed by atoms with Crippen LogP contribution in [-0.4, -0.2) is 9.97 Å². The average Bonchev–Trinajstić information content (AvgIpc) is 3.43. The first-order chi connectivity index (χ1) is 21.3. The summed E-state index contributed by atoms with van der Waals surface area (Å²) in [6.45, 7) is 0. The van der Waals surface area contributed by atoms with Crippen LogP contribution in [0.4, 0.5) is 0 Å². The summed E-state index contributed by atoms with van der Waals surface area (Å²) in [6.07, 6.45) is 0. The van der Waals surface area contributed by atoms with E-state index in [4.69, 9.17) is 9.97 Å². The van der Waals surface area contributed by atoms with Gasteiger partial charge < -0.3 is 0 Å². The molecule has 0 amide bonds. The third-order valence-electron chi connectivity index (χ3n) is 8.44. The fourth-order valence-electron chi connectivity index (χ4n) is 6.33. The number of hydrogen-bond acceptors (Lipinski definition) is 3. The van der Waals surface area contributed by atoms with E-state index in [1.54, 1.807) is 0 Å². The second-order valence-corrected chi connectivity index (χ2v) is 12.1. The van der Waals surface area contributed by atoms with Gasteiger partial charge in [0.2, 0.25) is 0 Å². The minimum Gasteiger partial charge on any atom is -0.228 e. The maximum Gasteiger partial charge on any atom is 0.160 e. The number of benzene rings is 7. The van der Waals surface area contributed by atoms with Crippen LogP contribution in [0.2, 0.25) is 0 Å². The molecule has 2 aromatic heterocycles. The van der Waals surface area contributed by atoms with Gasteiger partial charge in [0.1, 0.15) is 0 Å². The van der Waals surface area contributed by atoms with E-state index >= 15 is 0 Å². The number of nitrogens with zero attached hydrogens (tertiary/aromatic N) is 2. The van der Waals surface area contributed by atoms with E-state index < -0.39 is 0 Å². The van der Waals surface area contributed by atoms with E-state index in [1.807, 2.05) is 17.4 Å². The standard InChI is InChI=1S/C40H24N2S/c1-2-13-31-25(9-1)10-8-16-33(31)39-34-15-3-5-17-36(34)41-40(42-39)29-12-7-11-26(21-29)27-19-20-28-23-35-32-14-4-6-18-37(32)43-38(35)24-30(28)22-27/h1-24H. The molecule has 0 bridgehead atoms. The summed E-state index contributed by atoms with van der Waals surface area (Å²) >= 11 is 1.86. The Balaban J connectivity index is 1.18. The summed E-state index contributed by atoms with van der Waals surface area (Å²) in [5.74, 6) is 0.733. The molecular weight excluding hydrogens is 541 g/mol. The van der Waals surface area contributed by atoms with Gasteiger partial charge in [-0.3, -0.25) is 0 Å². The smallest absolute Gasteiger partial charge is 0.160 e. The van der Waals surface area contributed by atoms with Gasteiger partial charge in [-0.15, -0.1) is 11.3 Å². The molecule has 0 aliphatic carbocycles. The van der Waals surface area contributed by atoms with E-state index in [9.17, 15) is 0 Å². The molecule has 0 aliphatic rings. The molecule has 0 saturated heterocycles. The monoisotopic (exact) mass is 564 g/mol. The molecule has 0 N–H and O–H groups in total. The van der Waals surface area contributed by atoms with Gasteiger partial charge in [0.15, 0.2) is 5.82 Å². The molecule has 0 saturated carbocycles. The third kappa shape index (κ3) is 4.01. The van der Waals surface area contributed by atoms with Crippen LogP contribution in [0.15, 0.2) is 146 Å². The van der Waals surface area contributed by atoms with Crippen LogP contribution in [0.1, 0.15) is 0 Å². The molecular formula is C40H24N2S. The lowest BCUT2D eigenvalue weighted by molar-refractivity contribution is 1.23. The van der Waals surface area contributed by atoms with E-state index in [2.05, 4.69) is 140 Å². The van der Waals surface area contributed by atoms with Crippen molar-refractivity contribution in [3.05, 3.63) is 146 Å². The predicted octanol–water partition coefficient (Wildman–Crippen LogP) is 11.3. The first-order valence-corrected chi connectivity index (χ1v) is 15.3. The van der Waals surface area contributed by atoms with Crippen molar-refractivity contribution >= 4 is 64.0 Å². The minimum atomic E-state index is 0.733. The van der Waals surface area contributed by atoms with Gasteiger partial charge in [-0.25, -0.2) is 9.97 Å². The van der Waals surface area contributed by atoms with Crippen molar-refractivity contribution in [2.75, 3.05) is 0 Å². The van der Waals surface area contributed by atoms with Crippen molar-refractivity contribution < 1.29 is 0 Å². The topological polar surface area (TPSA) is 25.8 Å². The van der Waals surface area contributed by atoms with Crippen molar-refractivity contribution in [2.24, 2.45) is 0 Å². The van der Waals surface area contributed by atoms with Crippen LogP contribution in [0.25, 0.3) is 86.4 Å². The summed E-state index contributed by atoms with van der Waals surface area (Å²) in [5, 5.41) is 8.63. The summed E-state index contributed by atoms with van der Waals surface area (Å²) < 4.78 is 2.66. The summed E-state index contributed by atoms with van der Waals surface area (Å²) in [7, 11) is 0. The van der Waals surface area contributed by atoms with Gasteiger partial charge in [-0.2, -0.15) is 0 Å². The molecule has 0 fully saturated rings. The van der Waals surface area contributed by atoms with Crippen LogP contribution in [0.3, 0.4) is 0 Å². The van der Waals surface area contributed by atoms with E-state index in [0.29, 0.717) is 0 Å². The highest BCUT2D eigenvalue weighted by Gasteiger charge is 2.14. The molecule has 43 heavy (non-hydrogen) atoms. The SMILES string of the molecule is c1cc(-c2ccc3cc4c(cc3c2)sc2ccccc24)cc(-c2nc(-c3cccc4ccccc34)c3ccccc3n2)c1. The molecule has 7 aromatic carbocycles. The fourth-order valence-corrected chi connectivity index (χ4v) is 7.46.